The second-order valence-corrected chi connectivity index (χ2v) is 5.84. The quantitative estimate of drug-likeness (QED) is 0.817. The lowest BCUT2D eigenvalue weighted by Gasteiger charge is -2.30. The van der Waals surface area contributed by atoms with Crippen molar-refractivity contribution in [3.63, 3.8) is 0 Å². The van der Waals surface area contributed by atoms with E-state index in [1.54, 1.807) is 10.4 Å². The molecule has 0 radical (unpaired) electrons. The number of hydrogen-bond donors (Lipinski definition) is 1. The maximum Gasteiger partial charge on any atom is 0.0133 e. The van der Waals surface area contributed by atoms with Crippen LogP contribution in [0.5, 0.6) is 0 Å². The lowest BCUT2D eigenvalue weighted by Crippen LogP contribution is -2.33. The van der Waals surface area contributed by atoms with Crippen molar-refractivity contribution in [1.82, 2.24) is 5.32 Å². The normalized spacial score (nSPS) is 21.8. The number of fused-ring (bicyclic) bond motifs is 1. The van der Waals surface area contributed by atoms with Gasteiger partial charge in [-0.3, -0.25) is 0 Å². The fourth-order valence-electron chi connectivity index (χ4n) is 2.91. The van der Waals surface area contributed by atoms with Gasteiger partial charge in [-0.15, -0.1) is 11.3 Å². The molecule has 1 N–H and O–H groups in total. The number of likely N-dealkylation sites (N-methyl/N-ethyl adjacent to an activating group) is 1. The monoisotopic (exact) mass is 237 g/mol. The second kappa shape index (κ2) is 5.83. The van der Waals surface area contributed by atoms with Crippen LogP contribution < -0.4 is 5.32 Å². The van der Waals surface area contributed by atoms with E-state index in [1.165, 1.54) is 38.5 Å². The highest BCUT2D eigenvalue weighted by atomic mass is 32.1. The minimum absolute atomic E-state index is 0.689. The molecular formula is C14H23NS. The summed E-state index contributed by atoms with van der Waals surface area (Å²) < 4.78 is 0. The molecule has 0 amide bonds. The van der Waals surface area contributed by atoms with Gasteiger partial charge in [0.05, 0.1) is 0 Å². The zero-order valence-corrected chi connectivity index (χ0v) is 11.3. The number of rotatable bonds is 5. The number of nitrogens with one attached hydrogen (secondary N) is 1. The molecule has 0 saturated carbocycles. The molecule has 0 spiro atoms. The second-order valence-electron chi connectivity index (χ2n) is 4.84. The third-order valence-electron chi connectivity index (χ3n) is 3.82. The van der Waals surface area contributed by atoms with Gasteiger partial charge in [-0.05, 0) is 49.7 Å². The highest BCUT2D eigenvalue weighted by Gasteiger charge is 2.27. The summed E-state index contributed by atoms with van der Waals surface area (Å²) in [4.78, 5) is 1.65. The van der Waals surface area contributed by atoms with Gasteiger partial charge in [-0.1, -0.05) is 19.8 Å². The number of aryl methyl sites for hydroxylation is 1. The Morgan fingerprint density at radius 1 is 1.56 bits per heavy atom. The Kier molecular flexibility index (Phi) is 4.42. The number of hydrogen-bond acceptors (Lipinski definition) is 2. The molecule has 1 aromatic rings. The molecule has 2 unspecified atom stereocenters. The Hall–Kier alpha value is -0.340. The van der Waals surface area contributed by atoms with Gasteiger partial charge in [0.2, 0.25) is 0 Å². The summed E-state index contributed by atoms with van der Waals surface area (Å²) in [5, 5.41) is 5.82. The zero-order valence-electron chi connectivity index (χ0n) is 10.5. The van der Waals surface area contributed by atoms with E-state index >= 15 is 0 Å². The van der Waals surface area contributed by atoms with Gasteiger partial charge in [0.15, 0.2) is 0 Å². The molecule has 1 heterocycles. The number of unbranched alkanes of at least 4 members (excludes halogenated alkanes) is 1. The summed E-state index contributed by atoms with van der Waals surface area (Å²) in [5.41, 5.74) is 1.65. The average molecular weight is 237 g/mol. The van der Waals surface area contributed by atoms with E-state index in [-0.39, 0.29) is 0 Å². The fourth-order valence-corrected chi connectivity index (χ4v) is 3.91. The van der Waals surface area contributed by atoms with Crippen LogP contribution in [0.1, 0.15) is 55.4 Å². The minimum atomic E-state index is 0.689. The molecule has 16 heavy (non-hydrogen) atoms. The smallest absolute Gasteiger partial charge is 0.0133 e. The summed E-state index contributed by atoms with van der Waals surface area (Å²) in [6.45, 7) is 2.28. The molecule has 0 aromatic carbocycles. The van der Waals surface area contributed by atoms with Crippen LogP contribution in [0, 0.1) is 0 Å². The summed E-state index contributed by atoms with van der Waals surface area (Å²) in [6.07, 6.45) is 8.05. The first-order valence-electron chi connectivity index (χ1n) is 6.60. The highest BCUT2D eigenvalue weighted by Crippen LogP contribution is 2.37. The van der Waals surface area contributed by atoms with Crippen molar-refractivity contribution >= 4 is 11.3 Å². The Bertz CT molecular complexity index is 318. The minimum Gasteiger partial charge on any atom is -0.316 e. The molecule has 1 aliphatic carbocycles. The van der Waals surface area contributed by atoms with Crippen LogP contribution in [0.3, 0.4) is 0 Å². The van der Waals surface area contributed by atoms with Gasteiger partial charge < -0.3 is 5.32 Å². The molecule has 1 aliphatic rings. The molecule has 2 heteroatoms. The predicted molar refractivity (Wildman–Crippen MR) is 72.4 cm³/mol. The van der Waals surface area contributed by atoms with Crippen molar-refractivity contribution in [1.29, 1.82) is 0 Å². The van der Waals surface area contributed by atoms with Crippen LogP contribution in [0.15, 0.2) is 11.4 Å². The molecule has 0 bridgehead atoms. The highest BCUT2D eigenvalue weighted by molar-refractivity contribution is 7.10. The number of thiophene rings is 1. The van der Waals surface area contributed by atoms with E-state index in [0.717, 1.165) is 5.92 Å². The Balaban J connectivity index is 2.09. The van der Waals surface area contributed by atoms with Crippen LogP contribution in [0.2, 0.25) is 0 Å². The molecule has 0 fully saturated rings. The topological polar surface area (TPSA) is 12.0 Å². The standard InChI is InChI=1S/C14H23NS/c1-3-4-7-13(15-2)11-6-5-8-14-12(11)9-10-16-14/h9-11,13,15H,3-8H2,1-2H3. The van der Waals surface area contributed by atoms with Crippen LogP contribution in [-0.4, -0.2) is 13.1 Å². The maximum atomic E-state index is 3.54. The van der Waals surface area contributed by atoms with Crippen molar-refractivity contribution in [2.75, 3.05) is 7.05 Å². The van der Waals surface area contributed by atoms with E-state index in [4.69, 9.17) is 0 Å². The van der Waals surface area contributed by atoms with E-state index in [2.05, 4.69) is 30.7 Å². The van der Waals surface area contributed by atoms with E-state index < -0.39 is 0 Å². The molecule has 1 nitrogen and oxygen atoms in total. The van der Waals surface area contributed by atoms with Gasteiger partial charge in [0.1, 0.15) is 0 Å². The lowest BCUT2D eigenvalue weighted by atomic mass is 9.81. The average Bonchev–Trinajstić information content (AvgIpc) is 2.78. The van der Waals surface area contributed by atoms with Gasteiger partial charge >= 0.3 is 0 Å². The molecule has 0 aliphatic heterocycles. The van der Waals surface area contributed by atoms with Crippen molar-refractivity contribution in [3.8, 4) is 0 Å². The molecule has 2 rings (SSSR count). The Labute approximate surface area is 103 Å². The van der Waals surface area contributed by atoms with Gasteiger partial charge in [0, 0.05) is 16.8 Å². The van der Waals surface area contributed by atoms with Gasteiger partial charge in [-0.2, -0.15) is 0 Å². The van der Waals surface area contributed by atoms with Crippen molar-refractivity contribution in [2.45, 2.75) is 57.4 Å². The van der Waals surface area contributed by atoms with Crippen molar-refractivity contribution < 1.29 is 0 Å². The predicted octanol–water partition coefficient (Wildman–Crippen LogP) is 3.95. The van der Waals surface area contributed by atoms with Crippen LogP contribution in [0.25, 0.3) is 0 Å². The lowest BCUT2D eigenvalue weighted by molar-refractivity contribution is 0.387. The first-order chi connectivity index (χ1) is 7.86. The molecular weight excluding hydrogens is 214 g/mol. The molecule has 90 valence electrons. The van der Waals surface area contributed by atoms with Gasteiger partial charge in [0.25, 0.3) is 0 Å². The first kappa shape index (κ1) is 12.1. The van der Waals surface area contributed by atoms with Crippen molar-refractivity contribution in [2.24, 2.45) is 0 Å². The Morgan fingerprint density at radius 2 is 2.44 bits per heavy atom. The summed E-state index contributed by atoms with van der Waals surface area (Å²) in [6, 6.07) is 3.05. The summed E-state index contributed by atoms with van der Waals surface area (Å²) >= 11 is 1.95. The fraction of sp³-hybridized carbons (Fsp3) is 0.714. The maximum absolute atomic E-state index is 3.54. The molecule has 2 atom stereocenters. The first-order valence-corrected chi connectivity index (χ1v) is 7.48. The van der Waals surface area contributed by atoms with E-state index in [0.29, 0.717) is 6.04 Å². The third-order valence-corrected chi connectivity index (χ3v) is 4.82. The van der Waals surface area contributed by atoms with E-state index in [9.17, 15) is 0 Å². The Morgan fingerprint density at radius 3 is 3.19 bits per heavy atom. The van der Waals surface area contributed by atoms with Crippen LogP contribution in [-0.2, 0) is 6.42 Å². The van der Waals surface area contributed by atoms with Gasteiger partial charge in [-0.25, -0.2) is 0 Å². The SMILES string of the molecule is CCCCC(NC)C1CCCc2sccc21. The molecule has 0 saturated heterocycles. The summed E-state index contributed by atoms with van der Waals surface area (Å²) in [5.74, 6) is 0.770. The zero-order chi connectivity index (χ0) is 11.4. The van der Waals surface area contributed by atoms with Crippen LogP contribution in [0.4, 0.5) is 0 Å². The van der Waals surface area contributed by atoms with E-state index in [1.807, 2.05) is 11.3 Å². The molecule has 1 aromatic heterocycles. The largest absolute Gasteiger partial charge is 0.316 e. The summed E-state index contributed by atoms with van der Waals surface area (Å²) in [7, 11) is 2.13. The third kappa shape index (κ3) is 2.49. The van der Waals surface area contributed by atoms with Crippen LogP contribution >= 0.6 is 11.3 Å². The van der Waals surface area contributed by atoms with Crippen molar-refractivity contribution in [3.05, 3.63) is 21.9 Å².